The lowest BCUT2D eigenvalue weighted by Gasteiger charge is -2.35. The summed E-state index contributed by atoms with van der Waals surface area (Å²) in [5.74, 6) is -0.560. The van der Waals surface area contributed by atoms with Gasteiger partial charge in [-0.1, -0.05) is 63.6 Å². The smallest absolute Gasteiger partial charge is 0.330 e. The van der Waals surface area contributed by atoms with E-state index in [1.165, 1.54) is 17.0 Å². The minimum Gasteiger partial charge on any atom is -0.330 e. The van der Waals surface area contributed by atoms with Crippen molar-refractivity contribution in [3.8, 4) is 16.9 Å². The molecular weight excluding hydrogens is 675 g/mol. The summed E-state index contributed by atoms with van der Waals surface area (Å²) < 4.78 is 45.9. The van der Waals surface area contributed by atoms with E-state index < -0.39 is 23.7 Å². The van der Waals surface area contributed by atoms with E-state index in [-0.39, 0.29) is 28.6 Å². The van der Waals surface area contributed by atoms with E-state index in [1.807, 2.05) is 54.6 Å². The van der Waals surface area contributed by atoms with E-state index in [0.29, 0.717) is 29.0 Å². The fourth-order valence-electron chi connectivity index (χ4n) is 6.21. The third kappa shape index (κ3) is 5.43. The average molecular weight is 703 g/mol. The van der Waals surface area contributed by atoms with Gasteiger partial charge >= 0.3 is 6.18 Å². The van der Waals surface area contributed by atoms with Crippen molar-refractivity contribution < 1.29 is 18.0 Å². The molecule has 4 heterocycles. The molecule has 238 valence electrons. The second-order valence-electron chi connectivity index (χ2n) is 11.6. The molecule has 0 saturated heterocycles. The lowest BCUT2D eigenvalue weighted by molar-refractivity contribution is -0.138. The second kappa shape index (κ2) is 11.6. The van der Waals surface area contributed by atoms with Crippen LogP contribution in [0.25, 0.3) is 22.6 Å². The summed E-state index contributed by atoms with van der Waals surface area (Å²) in [5, 5.41) is 12.7. The number of halogens is 4. The molecule has 0 radical (unpaired) electrons. The van der Waals surface area contributed by atoms with Crippen LogP contribution in [-0.2, 0) is 32.6 Å². The van der Waals surface area contributed by atoms with Gasteiger partial charge in [-0.2, -0.15) is 18.3 Å². The monoisotopic (exact) mass is 701 g/mol. The Morgan fingerprint density at radius 3 is 2.45 bits per heavy atom. The molecular formula is C34H27BrF3N7O2. The third-order valence-electron chi connectivity index (χ3n) is 8.60. The number of benzene rings is 3. The summed E-state index contributed by atoms with van der Waals surface area (Å²) in [6.07, 6.45) is -0.545. The zero-order valence-electron chi connectivity index (χ0n) is 25.2. The lowest BCUT2D eigenvalue weighted by atomic mass is 9.97. The van der Waals surface area contributed by atoms with Gasteiger partial charge < -0.3 is 4.90 Å². The van der Waals surface area contributed by atoms with Gasteiger partial charge in [-0.15, -0.1) is 5.10 Å². The molecule has 0 saturated carbocycles. The highest BCUT2D eigenvalue weighted by Crippen LogP contribution is 2.36. The summed E-state index contributed by atoms with van der Waals surface area (Å²) >= 11 is 2.95. The SMILES string of the molecule is C[C@@H]1Cc2c(n3ncc(Cc4ccccc4)c3n(-c3ccc(-c4cnnn4C)cc3)c2=O)CN1C(=O)c1ccc(Br)c(C(F)(F)F)c1. The molecule has 0 aliphatic carbocycles. The first-order valence-corrected chi connectivity index (χ1v) is 15.6. The Kier molecular flexibility index (Phi) is 7.58. The average Bonchev–Trinajstić information content (AvgIpc) is 3.67. The van der Waals surface area contributed by atoms with Crippen LogP contribution in [0.3, 0.4) is 0 Å². The minimum absolute atomic E-state index is 0.00177. The molecule has 1 atom stereocenters. The highest BCUT2D eigenvalue weighted by molar-refractivity contribution is 9.10. The van der Waals surface area contributed by atoms with E-state index in [0.717, 1.165) is 28.5 Å². The molecule has 1 aliphatic heterocycles. The molecule has 6 aromatic rings. The maximum absolute atomic E-state index is 14.4. The number of alkyl halides is 3. The normalized spacial score (nSPS) is 14.9. The van der Waals surface area contributed by atoms with E-state index >= 15 is 0 Å². The molecule has 0 unspecified atom stereocenters. The molecule has 9 nitrogen and oxygen atoms in total. The number of amides is 1. The van der Waals surface area contributed by atoms with Gasteiger partial charge in [-0.25, -0.2) is 9.20 Å². The Morgan fingerprint density at radius 2 is 1.77 bits per heavy atom. The molecule has 0 bridgehead atoms. The molecule has 0 fully saturated rings. The van der Waals surface area contributed by atoms with Crippen molar-refractivity contribution in [2.45, 2.75) is 38.5 Å². The first-order valence-electron chi connectivity index (χ1n) is 14.8. The predicted octanol–water partition coefficient (Wildman–Crippen LogP) is 6.24. The van der Waals surface area contributed by atoms with Crippen molar-refractivity contribution in [2.75, 3.05) is 0 Å². The largest absolute Gasteiger partial charge is 0.417 e. The number of hydrogen-bond acceptors (Lipinski definition) is 5. The van der Waals surface area contributed by atoms with Crippen molar-refractivity contribution in [1.29, 1.82) is 0 Å². The van der Waals surface area contributed by atoms with Crippen molar-refractivity contribution in [3.05, 3.63) is 134 Å². The first-order chi connectivity index (χ1) is 22.5. The van der Waals surface area contributed by atoms with Gasteiger partial charge in [0.25, 0.3) is 11.5 Å². The highest BCUT2D eigenvalue weighted by Gasteiger charge is 2.36. The number of rotatable bonds is 5. The fraction of sp³-hybridized carbons (Fsp3) is 0.206. The van der Waals surface area contributed by atoms with Crippen LogP contribution in [0.15, 0.2) is 94.5 Å². The van der Waals surface area contributed by atoms with Crippen LogP contribution >= 0.6 is 15.9 Å². The Bertz CT molecular complexity index is 2210. The summed E-state index contributed by atoms with van der Waals surface area (Å²) in [6, 6.07) is 20.3. The molecule has 1 aliphatic rings. The van der Waals surface area contributed by atoms with Crippen molar-refractivity contribution >= 4 is 27.5 Å². The molecule has 1 amide bonds. The zero-order chi connectivity index (χ0) is 33.0. The van der Waals surface area contributed by atoms with Crippen LogP contribution in [0.2, 0.25) is 0 Å². The van der Waals surface area contributed by atoms with Crippen LogP contribution in [0.4, 0.5) is 13.2 Å². The quantitative estimate of drug-likeness (QED) is 0.212. The van der Waals surface area contributed by atoms with E-state index in [4.69, 9.17) is 5.10 Å². The fourth-order valence-corrected chi connectivity index (χ4v) is 6.68. The Labute approximate surface area is 275 Å². The van der Waals surface area contributed by atoms with Gasteiger partial charge in [0.15, 0.2) is 0 Å². The van der Waals surface area contributed by atoms with E-state index in [1.54, 1.807) is 40.1 Å². The molecule has 7 rings (SSSR count). The van der Waals surface area contributed by atoms with Crippen LogP contribution < -0.4 is 5.56 Å². The van der Waals surface area contributed by atoms with Crippen LogP contribution in [0, 0.1) is 0 Å². The van der Waals surface area contributed by atoms with Crippen molar-refractivity contribution in [2.24, 2.45) is 7.05 Å². The number of aromatic nitrogens is 6. The number of carbonyl (C=O) groups is 1. The standard InChI is InChI=1S/C34H27BrF3N7O2/c1-20-14-26-30(19-43(20)32(46)23-10-13-28(35)27(16-23)34(36,37)38)45-31(24(17-40-45)15-21-6-4-3-5-7-21)44(33(26)47)25-11-8-22(9-12-25)29-18-39-41-42(29)2/h3-13,16-18,20H,14-15,19H2,1-2H3/t20-/m1/s1. The topological polar surface area (TPSA) is 90.3 Å². The van der Waals surface area contributed by atoms with Gasteiger partial charge in [-0.3, -0.25) is 14.2 Å². The second-order valence-corrected chi connectivity index (χ2v) is 12.5. The number of fused-ring (bicyclic) bond motifs is 3. The molecule has 3 aromatic heterocycles. The Hall–Kier alpha value is -5.04. The summed E-state index contributed by atoms with van der Waals surface area (Å²) in [6.45, 7) is 1.79. The number of nitrogens with zero attached hydrogens (tertiary/aromatic N) is 7. The minimum atomic E-state index is -4.64. The zero-order valence-corrected chi connectivity index (χ0v) is 26.8. The van der Waals surface area contributed by atoms with Gasteiger partial charge in [0.1, 0.15) is 5.65 Å². The molecule has 0 spiro atoms. The highest BCUT2D eigenvalue weighted by atomic mass is 79.9. The number of carbonyl (C=O) groups excluding carboxylic acids is 1. The first kappa shape index (κ1) is 30.6. The van der Waals surface area contributed by atoms with Gasteiger partial charge in [0, 0.05) is 46.2 Å². The maximum atomic E-state index is 14.4. The Morgan fingerprint density at radius 1 is 1.02 bits per heavy atom. The van der Waals surface area contributed by atoms with E-state index in [9.17, 15) is 22.8 Å². The summed E-state index contributed by atoms with van der Waals surface area (Å²) in [5.41, 5.74) is 4.48. The maximum Gasteiger partial charge on any atom is 0.417 e. The Balaban J connectivity index is 1.36. The molecule has 0 N–H and O–H groups in total. The number of aryl methyl sites for hydroxylation is 1. The summed E-state index contributed by atoms with van der Waals surface area (Å²) in [4.78, 5) is 29.7. The van der Waals surface area contributed by atoms with Crippen molar-refractivity contribution in [1.82, 2.24) is 34.1 Å². The van der Waals surface area contributed by atoms with Gasteiger partial charge in [0.05, 0.1) is 41.6 Å². The third-order valence-corrected chi connectivity index (χ3v) is 9.29. The lowest BCUT2D eigenvalue weighted by Crippen LogP contribution is -2.46. The molecule has 3 aromatic carbocycles. The number of hydrogen-bond donors (Lipinski definition) is 0. The molecule has 47 heavy (non-hydrogen) atoms. The van der Waals surface area contributed by atoms with Crippen LogP contribution in [0.5, 0.6) is 0 Å². The van der Waals surface area contributed by atoms with Gasteiger partial charge in [-0.05, 0) is 49.2 Å². The van der Waals surface area contributed by atoms with Crippen LogP contribution in [0.1, 0.15) is 45.2 Å². The van der Waals surface area contributed by atoms with Crippen LogP contribution in [-0.4, -0.2) is 46.0 Å². The molecule has 13 heteroatoms. The summed E-state index contributed by atoms with van der Waals surface area (Å²) in [7, 11) is 1.80. The van der Waals surface area contributed by atoms with E-state index in [2.05, 4.69) is 26.2 Å². The predicted molar refractivity (Wildman–Crippen MR) is 172 cm³/mol. The van der Waals surface area contributed by atoms with Gasteiger partial charge in [0.2, 0.25) is 0 Å². The van der Waals surface area contributed by atoms with Crippen molar-refractivity contribution in [3.63, 3.8) is 0 Å².